The summed E-state index contributed by atoms with van der Waals surface area (Å²) in [5.41, 5.74) is -0.0226. The normalized spacial score (nSPS) is 17.8. The molecule has 1 saturated heterocycles. The maximum Gasteiger partial charge on any atom is 0.286 e. The molecule has 2 rings (SSSR count). The van der Waals surface area contributed by atoms with Gasteiger partial charge in [0.05, 0.1) is 6.26 Å². The number of halogens is 1. The van der Waals surface area contributed by atoms with Gasteiger partial charge in [0.1, 0.15) is 0 Å². The minimum absolute atomic E-state index is 0. The van der Waals surface area contributed by atoms with Gasteiger partial charge in [-0.15, -0.1) is 12.4 Å². The van der Waals surface area contributed by atoms with Crippen LogP contribution in [0.25, 0.3) is 0 Å². The second-order valence-electron chi connectivity index (χ2n) is 3.60. The number of aromatic nitrogens is 2. The first-order valence-corrected chi connectivity index (χ1v) is 6.62. The molecule has 0 aliphatic carbocycles. The van der Waals surface area contributed by atoms with Crippen molar-refractivity contribution in [2.45, 2.75) is 0 Å². The van der Waals surface area contributed by atoms with Crippen LogP contribution in [0.15, 0.2) is 10.7 Å². The lowest BCUT2D eigenvalue weighted by Crippen LogP contribution is -2.66. The Balaban J connectivity index is 0.00000144. The lowest BCUT2D eigenvalue weighted by Gasteiger charge is -2.33. The van der Waals surface area contributed by atoms with Crippen molar-refractivity contribution in [3.05, 3.63) is 11.8 Å². The zero-order valence-corrected chi connectivity index (χ0v) is 10.9. The van der Waals surface area contributed by atoms with Crippen LogP contribution < -0.4 is 20.6 Å². The summed E-state index contributed by atoms with van der Waals surface area (Å²) < 4.78 is 28.6. The van der Waals surface area contributed by atoms with Crippen LogP contribution in [0.4, 0.5) is 0 Å². The molecule has 8 nitrogen and oxygen atoms in total. The van der Waals surface area contributed by atoms with E-state index in [9.17, 15) is 8.42 Å². The predicted octanol–water partition coefficient (Wildman–Crippen LogP) is -2.36. The van der Waals surface area contributed by atoms with Crippen LogP contribution in [0.2, 0.25) is 0 Å². The first kappa shape index (κ1) is 14.0. The second kappa shape index (κ2) is 5.07. The molecule has 98 valence electrons. The Bertz CT molecular complexity index is 516. The number of hydrogen-bond acceptors (Lipinski definition) is 5. The highest BCUT2D eigenvalue weighted by atomic mass is 35.5. The van der Waals surface area contributed by atoms with E-state index in [1.165, 1.54) is 21.5 Å². The van der Waals surface area contributed by atoms with Crippen molar-refractivity contribution in [2.24, 2.45) is 0 Å². The molecular weight excluding hydrogens is 270 g/mol. The Kier molecular flexibility index (Phi) is 4.17. The third-order valence-corrected chi connectivity index (χ3v) is 3.73. The van der Waals surface area contributed by atoms with Crippen LogP contribution in [0.5, 0.6) is 0 Å². The molecule has 10 heteroatoms. The summed E-state index contributed by atoms with van der Waals surface area (Å²) in [6, 6.07) is 0. The molecule has 0 atom stereocenters. The average molecular weight is 284 g/mol. The van der Waals surface area contributed by atoms with Crippen molar-refractivity contribution in [2.75, 3.05) is 37.4 Å². The van der Waals surface area contributed by atoms with Crippen LogP contribution >= 0.6 is 12.4 Å². The molecule has 1 aromatic heterocycles. The number of nitrogens with zero attached hydrogens (tertiary/aromatic N) is 4. The van der Waals surface area contributed by atoms with Gasteiger partial charge in [-0.05, 0) is 5.27 Å². The molecule has 0 amide bonds. The number of sulfonamides is 1. The molecule has 0 spiro atoms. The second-order valence-corrected chi connectivity index (χ2v) is 5.58. The maximum absolute atomic E-state index is 11.3. The molecule has 17 heavy (non-hydrogen) atoms. The Hall–Kier alpha value is -1.06. The first-order valence-electron chi connectivity index (χ1n) is 4.77. The summed E-state index contributed by atoms with van der Waals surface area (Å²) in [6.07, 6.45) is 2.64. The van der Waals surface area contributed by atoms with Crippen molar-refractivity contribution in [3.8, 4) is 0 Å². The van der Waals surface area contributed by atoms with Gasteiger partial charge in [-0.3, -0.25) is 10.4 Å². The Morgan fingerprint density at radius 3 is 2.41 bits per heavy atom. The van der Waals surface area contributed by atoms with E-state index in [-0.39, 0.29) is 18.0 Å². The summed E-state index contributed by atoms with van der Waals surface area (Å²) in [7, 11) is -3.11. The van der Waals surface area contributed by atoms with Crippen molar-refractivity contribution >= 4 is 22.4 Å². The van der Waals surface area contributed by atoms with E-state index in [4.69, 9.17) is 5.41 Å². The molecule has 0 radical (unpaired) electrons. The number of rotatable bonds is 2. The molecular formula is C7H14ClN5O3S. The smallest absolute Gasteiger partial charge is 0.286 e. The monoisotopic (exact) mass is 283 g/mol. The van der Waals surface area contributed by atoms with E-state index in [2.05, 4.69) is 9.79 Å². The minimum Gasteiger partial charge on any atom is -0.380 e. The van der Waals surface area contributed by atoms with Crippen molar-refractivity contribution in [3.63, 3.8) is 0 Å². The van der Waals surface area contributed by atoms with Gasteiger partial charge in [-0.25, -0.2) is 12.7 Å². The van der Waals surface area contributed by atoms with E-state index in [0.717, 1.165) is 0 Å². The van der Waals surface area contributed by atoms with E-state index in [1.54, 1.807) is 0 Å². The third kappa shape index (κ3) is 3.20. The van der Waals surface area contributed by atoms with Gasteiger partial charge in [-0.1, -0.05) is 4.79 Å². The van der Waals surface area contributed by atoms with Crippen molar-refractivity contribution in [1.82, 2.24) is 9.58 Å². The van der Waals surface area contributed by atoms with E-state index in [1.807, 2.05) is 5.01 Å². The zero-order valence-electron chi connectivity index (χ0n) is 9.24. The standard InChI is InChI=1S/C7H13N5O3S.ClH/c1-16(13,14)11-4-2-10(3-5-11)12-6-7(8)15-9-12;/h6,8H,2-5H2,1H3;1H. The van der Waals surface area contributed by atoms with Gasteiger partial charge in [0.15, 0.2) is 0 Å². The predicted molar refractivity (Wildman–Crippen MR) is 59.7 cm³/mol. The molecule has 1 aromatic rings. The molecule has 1 fully saturated rings. The van der Waals surface area contributed by atoms with Crippen molar-refractivity contribution in [1.29, 1.82) is 5.41 Å². The van der Waals surface area contributed by atoms with Gasteiger partial charge in [0.25, 0.3) is 11.8 Å². The lowest BCUT2D eigenvalue weighted by molar-refractivity contribution is -0.764. The molecule has 2 heterocycles. The summed E-state index contributed by atoms with van der Waals surface area (Å²) in [5.74, 6) is 0. The van der Waals surface area contributed by atoms with Crippen LogP contribution in [-0.2, 0) is 10.0 Å². The summed E-state index contributed by atoms with van der Waals surface area (Å²) in [4.78, 5) is 1.43. The highest BCUT2D eigenvalue weighted by Crippen LogP contribution is 2.01. The quantitative estimate of drug-likeness (QED) is 0.613. The van der Waals surface area contributed by atoms with Gasteiger partial charge in [-0.2, -0.15) is 0 Å². The Morgan fingerprint density at radius 1 is 1.41 bits per heavy atom. The topological polar surface area (TPSA) is 95.6 Å². The maximum atomic E-state index is 11.3. The third-order valence-electron chi connectivity index (χ3n) is 2.43. The van der Waals surface area contributed by atoms with Crippen LogP contribution in [0.3, 0.4) is 0 Å². The molecule has 1 aliphatic heterocycles. The SMILES string of the molecule is CS(=O)(=O)N1CCN([n+]2cc(=N)o[n-]2)CC1.Cl. The van der Waals surface area contributed by atoms with E-state index >= 15 is 0 Å². The molecule has 0 aromatic carbocycles. The van der Waals surface area contributed by atoms with Crippen LogP contribution in [-0.4, -0.2) is 45.2 Å². The highest BCUT2D eigenvalue weighted by Gasteiger charge is 2.23. The van der Waals surface area contributed by atoms with Gasteiger partial charge < -0.3 is 4.52 Å². The summed E-state index contributed by atoms with van der Waals surface area (Å²) in [5, 5.41) is 12.7. The first-order chi connectivity index (χ1) is 7.47. The van der Waals surface area contributed by atoms with Gasteiger partial charge >= 0.3 is 0 Å². The Labute approximate surface area is 105 Å². The molecule has 0 unspecified atom stereocenters. The highest BCUT2D eigenvalue weighted by molar-refractivity contribution is 7.88. The van der Waals surface area contributed by atoms with Gasteiger partial charge in [0.2, 0.25) is 10.0 Å². The van der Waals surface area contributed by atoms with E-state index < -0.39 is 10.0 Å². The largest absolute Gasteiger partial charge is 0.380 e. The number of hydrogen-bond donors (Lipinski definition) is 1. The average Bonchev–Trinajstić information content (AvgIpc) is 2.64. The van der Waals surface area contributed by atoms with Crippen LogP contribution in [0.1, 0.15) is 0 Å². The van der Waals surface area contributed by atoms with E-state index in [0.29, 0.717) is 26.2 Å². The minimum atomic E-state index is -3.11. The number of nitrogens with one attached hydrogen (secondary N) is 1. The zero-order chi connectivity index (χ0) is 11.8. The molecule has 0 saturated carbocycles. The summed E-state index contributed by atoms with van der Waals surface area (Å²) >= 11 is 0. The number of piperazine rings is 1. The fraction of sp³-hybridized carbons (Fsp3) is 0.714. The fourth-order valence-corrected chi connectivity index (χ4v) is 2.41. The summed E-state index contributed by atoms with van der Waals surface area (Å²) in [6.45, 7) is 1.91. The molecule has 0 bridgehead atoms. The van der Waals surface area contributed by atoms with Gasteiger partial charge in [0, 0.05) is 26.2 Å². The fourth-order valence-electron chi connectivity index (χ4n) is 1.59. The van der Waals surface area contributed by atoms with Crippen molar-refractivity contribution < 1.29 is 17.7 Å². The molecule has 1 aliphatic rings. The lowest BCUT2D eigenvalue weighted by atomic mass is 10.4. The molecule has 1 N–H and O–H groups in total. The Morgan fingerprint density at radius 2 is 2.00 bits per heavy atom. The van der Waals surface area contributed by atoms with Crippen LogP contribution in [0, 0.1) is 5.41 Å².